The Balaban J connectivity index is 0.00000200. The number of hydrogen-bond donors (Lipinski definition) is 2. The molecule has 0 spiro atoms. The Hall–Kier alpha value is -0.840. The van der Waals surface area contributed by atoms with Gasteiger partial charge in [-0.1, -0.05) is 11.6 Å². The summed E-state index contributed by atoms with van der Waals surface area (Å²) in [6.07, 6.45) is 2.24. The van der Waals surface area contributed by atoms with Crippen LogP contribution >= 0.6 is 24.0 Å². The molecule has 2 unspecified atom stereocenters. The lowest BCUT2D eigenvalue weighted by molar-refractivity contribution is 0.0922. The minimum absolute atomic E-state index is 0. The van der Waals surface area contributed by atoms with E-state index in [0.29, 0.717) is 11.5 Å². The number of amides is 1. The minimum Gasteiger partial charge on any atom is -0.349 e. The number of carbonyl (C=O) groups is 1. The average molecular weight is 321 g/mol. The van der Waals surface area contributed by atoms with Crippen molar-refractivity contribution in [3.05, 3.63) is 34.6 Å². The van der Waals surface area contributed by atoms with Crippen LogP contribution < -0.4 is 10.6 Å². The Bertz CT molecular complexity index is 464. The van der Waals surface area contributed by atoms with Gasteiger partial charge in [0.25, 0.3) is 5.91 Å². The van der Waals surface area contributed by atoms with Crippen LogP contribution in [0.25, 0.3) is 0 Å². The second-order valence-corrected chi connectivity index (χ2v) is 5.40. The van der Waals surface area contributed by atoms with Crippen LogP contribution in [0.15, 0.2) is 18.2 Å². The molecule has 1 aromatic rings. The first kappa shape index (κ1) is 17.2. The molecule has 0 radical (unpaired) electrons. The van der Waals surface area contributed by atoms with Gasteiger partial charge in [0.15, 0.2) is 0 Å². The molecule has 1 heterocycles. The average Bonchev–Trinajstić information content (AvgIpc) is 2.42. The van der Waals surface area contributed by atoms with E-state index in [1.165, 1.54) is 18.2 Å². The number of halogens is 3. The van der Waals surface area contributed by atoms with Gasteiger partial charge in [-0.2, -0.15) is 0 Å². The molecule has 20 heavy (non-hydrogen) atoms. The van der Waals surface area contributed by atoms with Crippen LogP contribution in [-0.4, -0.2) is 25.0 Å². The summed E-state index contributed by atoms with van der Waals surface area (Å²) in [6.45, 7) is 3.97. The highest BCUT2D eigenvalue weighted by Gasteiger charge is 2.21. The highest BCUT2D eigenvalue weighted by molar-refractivity contribution is 6.31. The summed E-state index contributed by atoms with van der Waals surface area (Å²) in [7, 11) is 0. The van der Waals surface area contributed by atoms with Crippen molar-refractivity contribution in [2.45, 2.75) is 25.8 Å². The predicted octanol–water partition coefficient (Wildman–Crippen LogP) is 3.02. The summed E-state index contributed by atoms with van der Waals surface area (Å²) in [5.74, 6) is -0.281. The molecule has 6 heteroatoms. The molecule has 2 N–H and O–H groups in total. The number of hydrogen-bond acceptors (Lipinski definition) is 2. The largest absolute Gasteiger partial charge is 0.349 e. The molecule has 1 aromatic carbocycles. The Morgan fingerprint density at radius 1 is 1.55 bits per heavy atom. The molecule has 0 saturated carbocycles. The second-order valence-electron chi connectivity index (χ2n) is 5.00. The standard InChI is InChI=1S/C14H18ClFN2O.ClH/c1-9(11-3-2-6-17-8-11)18-14(19)10-4-5-13(16)12(15)7-10;/h4-5,7,9,11,17H,2-3,6,8H2,1H3,(H,18,19);1H. The molecule has 1 fully saturated rings. The lowest BCUT2D eigenvalue weighted by Crippen LogP contribution is -2.44. The first-order valence-corrected chi connectivity index (χ1v) is 6.92. The van der Waals surface area contributed by atoms with E-state index in [9.17, 15) is 9.18 Å². The Morgan fingerprint density at radius 3 is 2.90 bits per heavy atom. The zero-order chi connectivity index (χ0) is 13.8. The van der Waals surface area contributed by atoms with Crippen molar-refractivity contribution < 1.29 is 9.18 Å². The van der Waals surface area contributed by atoms with Crippen LogP contribution in [0.5, 0.6) is 0 Å². The molecule has 0 bridgehead atoms. The van der Waals surface area contributed by atoms with Crippen molar-refractivity contribution >= 4 is 29.9 Å². The molecule has 3 nitrogen and oxygen atoms in total. The van der Waals surface area contributed by atoms with Gasteiger partial charge in [0.05, 0.1) is 5.02 Å². The quantitative estimate of drug-likeness (QED) is 0.898. The van der Waals surface area contributed by atoms with Gasteiger partial charge < -0.3 is 10.6 Å². The van der Waals surface area contributed by atoms with E-state index in [1.54, 1.807) is 0 Å². The summed E-state index contributed by atoms with van der Waals surface area (Å²) >= 11 is 5.68. The fraction of sp³-hybridized carbons (Fsp3) is 0.500. The molecular formula is C14H19Cl2FN2O. The van der Waals surface area contributed by atoms with Crippen molar-refractivity contribution in [3.8, 4) is 0 Å². The lowest BCUT2D eigenvalue weighted by Gasteiger charge is -2.28. The van der Waals surface area contributed by atoms with Crippen molar-refractivity contribution in [3.63, 3.8) is 0 Å². The molecule has 1 aliphatic heterocycles. The van der Waals surface area contributed by atoms with Gasteiger partial charge in [0.1, 0.15) is 5.82 Å². The van der Waals surface area contributed by atoms with Crippen LogP contribution in [-0.2, 0) is 0 Å². The molecule has 112 valence electrons. The molecular weight excluding hydrogens is 302 g/mol. The molecule has 1 saturated heterocycles. The van der Waals surface area contributed by atoms with E-state index < -0.39 is 5.82 Å². The lowest BCUT2D eigenvalue weighted by atomic mass is 9.92. The zero-order valence-corrected chi connectivity index (χ0v) is 12.9. The molecule has 0 aromatic heterocycles. The number of benzene rings is 1. The van der Waals surface area contributed by atoms with Crippen LogP contribution in [0.2, 0.25) is 5.02 Å². The third-order valence-electron chi connectivity index (χ3n) is 3.58. The number of nitrogens with one attached hydrogen (secondary N) is 2. The normalized spacial score (nSPS) is 19.9. The smallest absolute Gasteiger partial charge is 0.251 e. The van der Waals surface area contributed by atoms with E-state index in [0.717, 1.165) is 25.9 Å². The maximum atomic E-state index is 13.0. The molecule has 1 amide bonds. The number of piperidine rings is 1. The fourth-order valence-corrected chi connectivity index (χ4v) is 2.53. The van der Waals surface area contributed by atoms with Gasteiger partial charge in [0.2, 0.25) is 0 Å². The monoisotopic (exact) mass is 320 g/mol. The van der Waals surface area contributed by atoms with E-state index in [4.69, 9.17) is 11.6 Å². The first-order chi connectivity index (χ1) is 9.08. The van der Waals surface area contributed by atoms with E-state index in [2.05, 4.69) is 10.6 Å². The van der Waals surface area contributed by atoms with Crippen LogP contribution in [0.3, 0.4) is 0 Å². The van der Waals surface area contributed by atoms with Crippen LogP contribution in [0, 0.1) is 11.7 Å². The first-order valence-electron chi connectivity index (χ1n) is 6.54. The minimum atomic E-state index is -0.511. The van der Waals surface area contributed by atoms with E-state index in [-0.39, 0.29) is 29.4 Å². The van der Waals surface area contributed by atoms with E-state index in [1.807, 2.05) is 6.92 Å². The van der Waals surface area contributed by atoms with Gasteiger partial charge in [-0.05, 0) is 57.0 Å². The summed E-state index contributed by atoms with van der Waals surface area (Å²) in [5.41, 5.74) is 0.391. The van der Waals surface area contributed by atoms with Crippen LogP contribution in [0.1, 0.15) is 30.1 Å². The Morgan fingerprint density at radius 2 is 2.30 bits per heavy atom. The topological polar surface area (TPSA) is 41.1 Å². The van der Waals surface area contributed by atoms with E-state index >= 15 is 0 Å². The Kier molecular flexibility index (Phi) is 6.72. The summed E-state index contributed by atoms with van der Waals surface area (Å²) in [5, 5.41) is 6.25. The summed E-state index contributed by atoms with van der Waals surface area (Å²) < 4.78 is 13.0. The van der Waals surface area contributed by atoms with Gasteiger partial charge in [-0.15, -0.1) is 12.4 Å². The van der Waals surface area contributed by atoms with Gasteiger partial charge in [0, 0.05) is 11.6 Å². The van der Waals surface area contributed by atoms with Crippen LogP contribution in [0.4, 0.5) is 4.39 Å². The van der Waals surface area contributed by atoms with Crippen molar-refractivity contribution in [1.29, 1.82) is 0 Å². The maximum Gasteiger partial charge on any atom is 0.251 e. The zero-order valence-electron chi connectivity index (χ0n) is 11.3. The summed E-state index contributed by atoms with van der Waals surface area (Å²) in [6, 6.07) is 4.11. The number of rotatable bonds is 3. The van der Waals surface area contributed by atoms with Crippen molar-refractivity contribution in [2.24, 2.45) is 5.92 Å². The third kappa shape index (κ3) is 4.33. The van der Waals surface area contributed by atoms with Gasteiger partial charge in [-0.3, -0.25) is 4.79 Å². The fourth-order valence-electron chi connectivity index (χ4n) is 2.35. The highest BCUT2D eigenvalue weighted by atomic mass is 35.5. The predicted molar refractivity (Wildman–Crippen MR) is 81.2 cm³/mol. The highest BCUT2D eigenvalue weighted by Crippen LogP contribution is 2.17. The SMILES string of the molecule is CC(NC(=O)c1ccc(F)c(Cl)c1)C1CCCNC1.Cl. The summed E-state index contributed by atoms with van der Waals surface area (Å²) in [4.78, 5) is 12.0. The van der Waals surface area contributed by atoms with Gasteiger partial charge >= 0.3 is 0 Å². The molecule has 2 atom stereocenters. The Labute approximate surface area is 129 Å². The third-order valence-corrected chi connectivity index (χ3v) is 3.87. The molecule has 1 aliphatic rings. The maximum absolute atomic E-state index is 13.0. The second kappa shape index (κ2) is 7.81. The number of carbonyl (C=O) groups excluding carboxylic acids is 1. The molecule has 2 rings (SSSR count). The molecule has 0 aliphatic carbocycles. The van der Waals surface area contributed by atoms with Crippen molar-refractivity contribution in [1.82, 2.24) is 10.6 Å². The van der Waals surface area contributed by atoms with Gasteiger partial charge in [-0.25, -0.2) is 4.39 Å². The van der Waals surface area contributed by atoms with Crippen molar-refractivity contribution in [2.75, 3.05) is 13.1 Å².